The zero-order valence-electron chi connectivity index (χ0n) is 15.0. The number of furan rings is 1. The monoisotopic (exact) mass is 349 g/mol. The van der Waals surface area contributed by atoms with Gasteiger partial charge in [-0.05, 0) is 55.9 Å². The smallest absolute Gasteiger partial charge is 0.224 e. The van der Waals surface area contributed by atoms with Crippen LogP contribution in [0.1, 0.15) is 41.1 Å². The van der Waals surface area contributed by atoms with Gasteiger partial charge >= 0.3 is 0 Å². The van der Waals surface area contributed by atoms with Crippen LogP contribution in [0, 0.1) is 6.92 Å². The number of aromatic nitrogens is 2. The highest BCUT2D eigenvalue weighted by Crippen LogP contribution is 2.30. The molecule has 0 radical (unpaired) electrons. The minimum Gasteiger partial charge on any atom is -0.464 e. The Bertz CT molecular complexity index is 998. The van der Waals surface area contributed by atoms with Gasteiger partial charge in [0.2, 0.25) is 5.91 Å². The van der Waals surface area contributed by atoms with Crippen LogP contribution in [0.2, 0.25) is 0 Å². The molecule has 26 heavy (non-hydrogen) atoms. The summed E-state index contributed by atoms with van der Waals surface area (Å²) < 4.78 is 7.89. The molecule has 0 fully saturated rings. The Morgan fingerprint density at radius 1 is 1.31 bits per heavy atom. The summed E-state index contributed by atoms with van der Waals surface area (Å²) >= 11 is 0. The van der Waals surface area contributed by atoms with E-state index in [0.29, 0.717) is 6.42 Å². The molecule has 2 aromatic heterocycles. The maximum Gasteiger partial charge on any atom is 0.224 e. The largest absolute Gasteiger partial charge is 0.464 e. The van der Waals surface area contributed by atoms with E-state index in [9.17, 15) is 4.79 Å². The fourth-order valence-electron chi connectivity index (χ4n) is 4.44. The van der Waals surface area contributed by atoms with Crippen LogP contribution in [0.3, 0.4) is 0 Å². The van der Waals surface area contributed by atoms with Gasteiger partial charge in [-0.25, -0.2) is 4.98 Å². The average Bonchev–Trinajstić information content (AvgIpc) is 3.30. The third kappa shape index (κ3) is 2.71. The Morgan fingerprint density at radius 2 is 2.15 bits per heavy atom. The second-order valence-corrected chi connectivity index (χ2v) is 7.66. The maximum absolute atomic E-state index is 12.6. The summed E-state index contributed by atoms with van der Waals surface area (Å²) in [4.78, 5) is 17.1. The van der Waals surface area contributed by atoms with Crippen LogP contribution in [-0.4, -0.2) is 21.5 Å². The normalized spacial score (nSPS) is 18.7. The minimum absolute atomic E-state index is 0.0680. The lowest BCUT2D eigenvalue weighted by Gasteiger charge is -2.24. The van der Waals surface area contributed by atoms with E-state index in [4.69, 9.17) is 4.42 Å². The van der Waals surface area contributed by atoms with Gasteiger partial charge in [0.25, 0.3) is 0 Å². The summed E-state index contributed by atoms with van der Waals surface area (Å²) in [5.74, 6) is 1.20. The number of carbonyl (C=O) groups is 1. The average molecular weight is 349 g/mol. The van der Waals surface area contributed by atoms with Crippen molar-refractivity contribution < 1.29 is 9.21 Å². The van der Waals surface area contributed by atoms with Gasteiger partial charge in [0, 0.05) is 36.2 Å². The van der Waals surface area contributed by atoms with Crippen molar-refractivity contribution in [2.24, 2.45) is 0 Å². The van der Waals surface area contributed by atoms with Crippen molar-refractivity contribution in [2.75, 3.05) is 0 Å². The minimum atomic E-state index is 0.0680. The van der Waals surface area contributed by atoms with Crippen LogP contribution in [0.25, 0.3) is 11.0 Å². The summed E-state index contributed by atoms with van der Waals surface area (Å²) in [6.07, 6.45) is 9.54. The standard InChI is InChI=1S/C21H23N3O2/c1-13-10-24-11-17(5-6-20(24)22-13)23-21(25)9-16-12-26-19-8-15-4-2-3-14(15)7-18(16)19/h7-8,10,12,17H,2-6,9,11H2,1H3,(H,23,25). The molecule has 1 aliphatic carbocycles. The number of hydrogen-bond acceptors (Lipinski definition) is 3. The lowest BCUT2D eigenvalue weighted by atomic mass is 10.0. The molecule has 1 N–H and O–H groups in total. The summed E-state index contributed by atoms with van der Waals surface area (Å²) in [5.41, 5.74) is 5.75. The van der Waals surface area contributed by atoms with Crippen molar-refractivity contribution in [1.29, 1.82) is 0 Å². The number of nitrogens with one attached hydrogen (secondary N) is 1. The Hall–Kier alpha value is -2.56. The topological polar surface area (TPSA) is 60.1 Å². The highest BCUT2D eigenvalue weighted by molar-refractivity contribution is 5.88. The predicted octanol–water partition coefficient (Wildman–Crippen LogP) is 3.10. The Morgan fingerprint density at radius 3 is 3.04 bits per heavy atom. The molecule has 5 rings (SSSR count). The number of rotatable bonds is 3. The quantitative estimate of drug-likeness (QED) is 0.790. The second kappa shape index (κ2) is 6.01. The number of benzene rings is 1. The van der Waals surface area contributed by atoms with Crippen molar-refractivity contribution in [1.82, 2.24) is 14.9 Å². The first kappa shape index (κ1) is 15.7. The molecule has 1 atom stereocenters. The Kier molecular flexibility index (Phi) is 3.62. The number of amides is 1. The number of fused-ring (bicyclic) bond motifs is 3. The van der Waals surface area contributed by atoms with Crippen LogP contribution in [0.15, 0.2) is 29.0 Å². The summed E-state index contributed by atoms with van der Waals surface area (Å²) in [6, 6.07) is 4.56. The van der Waals surface area contributed by atoms with Crippen molar-refractivity contribution in [3.05, 3.63) is 52.8 Å². The first-order valence-corrected chi connectivity index (χ1v) is 9.49. The lowest BCUT2D eigenvalue weighted by molar-refractivity contribution is -0.121. The third-order valence-corrected chi connectivity index (χ3v) is 5.70. The second-order valence-electron chi connectivity index (χ2n) is 7.66. The van der Waals surface area contributed by atoms with Gasteiger partial charge in [0.15, 0.2) is 0 Å². The van der Waals surface area contributed by atoms with E-state index in [0.717, 1.165) is 60.3 Å². The molecular formula is C21H23N3O2. The maximum atomic E-state index is 12.6. The fraction of sp³-hybridized carbons (Fsp3) is 0.429. The van der Waals surface area contributed by atoms with Gasteiger partial charge in [0.05, 0.1) is 18.4 Å². The van der Waals surface area contributed by atoms with Crippen molar-refractivity contribution in [3.63, 3.8) is 0 Å². The van der Waals surface area contributed by atoms with E-state index in [-0.39, 0.29) is 11.9 Å². The summed E-state index contributed by atoms with van der Waals surface area (Å²) in [5, 5.41) is 4.29. The molecule has 0 bridgehead atoms. The van der Waals surface area contributed by atoms with E-state index in [1.165, 1.54) is 17.5 Å². The fourth-order valence-corrected chi connectivity index (χ4v) is 4.44. The van der Waals surface area contributed by atoms with Crippen molar-refractivity contribution in [3.8, 4) is 0 Å². The Balaban J connectivity index is 1.29. The molecule has 1 amide bonds. The molecule has 2 aliphatic rings. The van der Waals surface area contributed by atoms with Crippen LogP contribution >= 0.6 is 0 Å². The molecule has 0 saturated heterocycles. The molecule has 3 heterocycles. The van der Waals surface area contributed by atoms with Gasteiger partial charge < -0.3 is 14.3 Å². The first-order chi connectivity index (χ1) is 12.7. The molecule has 5 heteroatoms. The summed E-state index contributed by atoms with van der Waals surface area (Å²) in [6.45, 7) is 2.82. The number of imidazole rings is 1. The van der Waals surface area contributed by atoms with E-state index >= 15 is 0 Å². The van der Waals surface area contributed by atoms with E-state index < -0.39 is 0 Å². The van der Waals surface area contributed by atoms with Crippen LogP contribution < -0.4 is 5.32 Å². The number of hydrogen-bond donors (Lipinski definition) is 1. The zero-order valence-corrected chi connectivity index (χ0v) is 15.0. The molecule has 5 nitrogen and oxygen atoms in total. The molecule has 0 saturated carbocycles. The van der Waals surface area contributed by atoms with Crippen LogP contribution in [-0.2, 0) is 37.0 Å². The molecule has 1 aromatic carbocycles. The van der Waals surface area contributed by atoms with Crippen molar-refractivity contribution in [2.45, 2.75) is 58.0 Å². The Labute approximate surface area is 152 Å². The third-order valence-electron chi connectivity index (χ3n) is 5.70. The zero-order chi connectivity index (χ0) is 17.7. The highest BCUT2D eigenvalue weighted by Gasteiger charge is 2.22. The lowest BCUT2D eigenvalue weighted by Crippen LogP contribution is -2.41. The van der Waals surface area contributed by atoms with Gasteiger partial charge in [-0.15, -0.1) is 0 Å². The van der Waals surface area contributed by atoms with Gasteiger partial charge in [-0.1, -0.05) is 0 Å². The molecule has 134 valence electrons. The molecule has 3 aromatic rings. The number of carbonyl (C=O) groups excluding carboxylic acids is 1. The summed E-state index contributed by atoms with van der Waals surface area (Å²) in [7, 11) is 0. The number of nitrogens with zero attached hydrogens (tertiary/aromatic N) is 2. The van der Waals surface area contributed by atoms with Gasteiger partial charge in [-0.3, -0.25) is 4.79 Å². The molecular weight excluding hydrogens is 326 g/mol. The predicted molar refractivity (Wildman–Crippen MR) is 99.2 cm³/mol. The van der Waals surface area contributed by atoms with E-state index in [2.05, 4.69) is 33.2 Å². The molecule has 0 spiro atoms. The SMILES string of the molecule is Cc1cn2c(n1)CCC(NC(=O)Cc1coc3cc4c(cc13)CCC4)C2. The van der Waals surface area contributed by atoms with Crippen molar-refractivity contribution >= 4 is 16.9 Å². The van der Waals surface area contributed by atoms with E-state index in [1.807, 2.05) is 6.92 Å². The van der Waals surface area contributed by atoms with Gasteiger partial charge in [0.1, 0.15) is 11.4 Å². The van der Waals surface area contributed by atoms with Crippen LogP contribution in [0.5, 0.6) is 0 Å². The molecule has 1 unspecified atom stereocenters. The first-order valence-electron chi connectivity index (χ1n) is 9.49. The van der Waals surface area contributed by atoms with E-state index in [1.54, 1.807) is 6.26 Å². The van der Waals surface area contributed by atoms with Crippen LogP contribution in [0.4, 0.5) is 0 Å². The molecule has 1 aliphatic heterocycles. The number of aryl methyl sites for hydroxylation is 4. The van der Waals surface area contributed by atoms with Gasteiger partial charge in [-0.2, -0.15) is 0 Å². The highest BCUT2D eigenvalue weighted by atomic mass is 16.3.